The first-order valence-corrected chi connectivity index (χ1v) is 5.95. The molecular formula is C14H20O. The predicted octanol–water partition coefficient (Wildman–Crippen LogP) is 3.51. The number of carbonyl (C=O) groups is 1. The monoisotopic (exact) mass is 204 g/mol. The number of Topliss-reactive ketones (excluding diaryl/α,β-unsaturated/α-hetero) is 1. The van der Waals surface area contributed by atoms with Gasteiger partial charge < -0.3 is 0 Å². The molecule has 2 fully saturated rings. The quantitative estimate of drug-likeness (QED) is 0.597. The van der Waals surface area contributed by atoms with Crippen molar-refractivity contribution in [2.24, 2.45) is 17.8 Å². The van der Waals surface area contributed by atoms with Gasteiger partial charge >= 0.3 is 0 Å². The molecule has 0 bridgehead atoms. The molecule has 2 aliphatic carbocycles. The third-order valence-electron chi connectivity index (χ3n) is 4.05. The van der Waals surface area contributed by atoms with Gasteiger partial charge in [0.25, 0.3) is 0 Å². The Morgan fingerprint density at radius 1 is 1.47 bits per heavy atom. The summed E-state index contributed by atoms with van der Waals surface area (Å²) < 4.78 is 0. The van der Waals surface area contributed by atoms with Crippen LogP contribution in [0.5, 0.6) is 0 Å². The van der Waals surface area contributed by atoms with E-state index in [1.807, 2.05) is 0 Å². The molecule has 0 amide bonds. The number of hydrogen-bond acceptors (Lipinski definition) is 1. The number of ketones is 1. The fourth-order valence-electron chi connectivity index (χ4n) is 3.21. The van der Waals surface area contributed by atoms with Crippen LogP contribution in [0.2, 0.25) is 0 Å². The molecule has 3 atom stereocenters. The minimum absolute atomic E-state index is 0.189. The maximum atomic E-state index is 11.8. The Bertz CT molecular complexity index is 313. The minimum Gasteiger partial charge on any atom is -0.299 e. The van der Waals surface area contributed by atoms with Gasteiger partial charge in [-0.1, -0.05) is 24.3 Å². The topological polar surface area (TPSA) is 17.1 Å². The van der Waals surface area contributed by atoms with Crippen molar-refractivity contribution in [3.05, 3.63) is 24.3 Å². The predicted molar refractivity (Wildman–Crippen MR) is 62.5 cm³/mol. The third kappa shape index (κ3) is 1.92. The fourth-order valence-corrected chi connectivity index (χ4v) is 3.21. The van der Waals surface area contributed by atoms with E-state index in [4.69, 9.17) is 0 Å². The Balaban J connectivity index is 2.16. The van der Waals surface area contributed by atoms with Crippen molar-refractivity contribution < 1.29 is 4.79 Å². The van der Waals surface area contributed by atoms with E-state index in [2.05, 4.69) is 20.1 Å². The summed E-state index contributed by atoms with van der Waals surface area (Å²) in [7, 11) is 0. The molecule has 0 radical (unpaired) electrons. The van der Waals surface area contributed by atoms with Gasteiger partial charge in [-0.2, -0.15) is 0 Å². The van der Waals surface area contributed by atoms with Crippen LogP contribution in [0.4, 0.5) is 0 Å². The minimum atomic E-state index is 0.189. The molecule has 2 saturated carbocycles. The Morgan fingerprint density at radius 3 is 2.87 bits per heavy atom. The molecule has 0 aromatic heterocycles. The fraction of sp³-hybridized carbons (Fsp3) is 0.643. The van der Waals surface area contributed by atoms with E-state index in [1.54, 1.807) is 0 Å². The Labute approximate surface area is 92.3 Å². The van der Waals surface area contributed by atoms with Gasteiger partial charge in [0.05, 0.1) is 0 Å². The molecule has 0 saturated heterocycles. The van der Waals surface area contributed by atoms with E-state index in [0.29, 0.717) is 17.6 Å². The molecule has 0 aromatic carbocycles. The van der Waals surface area contributed by atoms with Crippen LogP contribution >= 0.6 is 0 Å². The van der Waals surface area contributed by atoms with Gasteiger partial charge in [0.15, 0.2) is 0 Å². The first kappa shape index (κ1) is 10.7. The number of allylic oxidation sites excluding steroid dienone is 2. The summed E-state index contributed by atoms with van der Waals surface area (Å²) in [6.45, 7) is 10.3. The Hall–Kier alpha value is -0.850. The molecule has 0 spiro atoms. The van der Waals surface area contributed by atoms with Gasteiger partial charge in [-0.15, -0.1) is 0 Å². The molecule has 2 rings (SSSR count). The van der Waals surface area contributed by atoms with E-state index in [0.717, 1.165) is 25.7 Å². The standard InChI is InChI=1S/C14H20O/c1-9(2)12-7-10(3)14-11(8-12)5-4-6-13(14)15/h11-12,14H,1,3-8H2,2H3. The zero-order chi connectivity index (χ0) is 11.0. The van der Waals surface area contributed by atoms with Gasteiger partial charge in [-0.3, -0.25) is 4.79 Å². The van der Waals surface area contributed by atoms with Gasteiger partial charge in [0, 0.05) is 12.3 Å². The molecule has 0 N–H and O–H groups in total. The van der Waals surface area contributed by atoms with Crippen LogP contribution in [0.15, 0.2) is 24.3 Å². The third-order valence-corrected chi connectivity index (χ3v) is 4.05. The van der Waals surface area contributed by atoms with E-state index in [-0.39, 0.29) is 5.92 Å². The van der Waals surface area contributed by atoms with Crippen LogP contribution in [0.1, 0.15) is 39.0 Å². The van der Waals surface area contributed by atoms with Crippen LogP contribution in [0.25, 0.3) is 0 Å². The highest BCUT2D eigenvalue weighted by molar-refractivity contribution is 5.84. The van der Waals surface area contributed by atoms with E-state index in [1.165, 1.54) is 17.6 Å². The van der Waals surface area contributed by atoms with Crippen LogP contribution in [-0.2, 0) is 4.79 Å². The summed E-state index contributed by atoms with van der Waals surface area (Å²) in [5, 5.41) is 0. The summed E-state index contributed by atoms with van der Waals surface area (Å²) in [5.41, 5.74) is 2.43. The lowest BCUT2D eigenvalue weighted by molar-refractivity contribution is -0.126. The van der Waals surface area contributed by atoms with Gasteiger partial charge in [-0.05, 0) is 44.4 Å². The Morgan fingerprint density at radius 2 is 2.20 bits per heavy atom. The summed E-state index contributed by atoms with van der Waals surface area (Å²) in [5.74, 6) is 1.77. The van der Waals surface area contributed by atoms with Crippen molar-refractivity contribution in [1.29, 1.82) is 0 Å². The lowest BCUT2D eigenvalue weighted by Crippen LogP contribution is -2.35. The molecule has 0 heterocycles. The maximum absolute atomic E-state index is 11.8. The van der Waals surface area contributed by atoms with Gasteiger partial charge in [0.2, 0.25) is 0 Å². The highest BCUT2D eigenvalue weighted by Gasteiger charge is 2.39. The maximum Gasteiger partial charge on any atom is 0.140 e. The van der Waals surface area contributed by atoms with Crippen molar-refractivity contribution >= 4 is 5.78 Å². The molecule has 2 aliphatic rings. The van der Waals surface area contributed by atoms with E-state index >= 15 is 0 Å². The second kappa shape index (κ2) is 3.96. The van der Waals surface area contributed by atoms with Crippen molar-refractivity contribution in [3.63, 3.8) is 0 Å². The van der Waals surface area contributed by atoms with Crippen LogP contribution in [-0.4, -0.2) is 5.78 Å². The molecule has 15 heavy (non-hydrogen) atoms. The number of carbonyl (C=O) groups excluding carboxylic acids is 1. The lowest BCUT2D eigenvalue weighted by Gasteiger charge is -2.40. The molecule has 3 unspecified atom stereocenters. The summed E-state index contributed by atoms with van der Waals surface area (Å²) in [6, 6.07) is 0. The van der Waals surface area contributed by atoms with Gasteiger partial charge in [-0.25, -0.2) is 0 Å². The lowest BCUT2D eigenvalue weighted by atomic mass is 9.64. The molecule has 1 nitrogen and oxygen atoms in total. The second-order valence-corrected chi connectivity index (χ2v) is 5.24. The SMILES string of the molecule is C=C(C)C1CC(=C)C2C(=O)CCCC2C1. The smallest absolute Gasteiger partial charge is 0.140 e. The highest BCUT2D eigenvalue weighted by Crippen LogP contribution is 2.45. The largest absolute Gasteiger partial charge is 0.299 e. The van der Waals surface area contributed by atoms with Crippen molar-refractivity contribution in [2.45, 2.75) is 39.0 Å². The molecule has 1 heteroatoms. The number of hydrogen-bond donors (Lipinski definition) is 0. The van der Waals surface area contributed by atoms with Crippen molar-refractivity contribution in [2.75, 3.05) is 0 Å². The Kier molecular flexibility index (Phi) is 2.81. The summed E-state index contributed by atoms with van der Waals surface area (Å²) >= 11 is 0. The first-order valence-electron chi connectivity index (χ1n) is 5.95. The zero-order valence-corrected chi connectivity index (χ0v) is 9.59. The summed E-state index contributed by atoms with van der Waals surface area (Å²) in [4.78, 5) is 11.8. The molecule has 82 valence electrons. The number of fused-ring (bicyclic) bond motifs is 1. The van der Waals surface area contributed by atoms with Gasteiger partial charge in [0.1, 0.15) is 5.78 Å². The van der Waals surface area contributed by atoms with Crippen LogP contribution in [0.3, 0.4) is 0 Å². The average molecular weight is 204 g/mol. The van der Waals surface area contributed by atoms with Crippen molar-refractivity contribution in [3.8, 4) is 0 Å². The first-order chi connectivity index (χ1) is 7.09. The average Bonchev–Trinajstić information content (AvgIpc) is 2.17. The van der Waals surface area contributed by atoms with E-state index < -0.39 is 0 Å². The summed E-state index contributed by atoms with van der Waals surface area (Å²) in [6.07, 6.45) is 5.21. The number of rotatable bonds is 1. The normalized spacial score (nSPS) is 36.2. The van der Waals surface area contributed by atoms with E-state index in [9.17, 15) is 4.79 Å². The van der Waals surface area contributed by atoms with Crippen LogP contribution in [0, 0.1) is 17.8 Å². The molecule has 0 aliphatic heterocycles. The molecule has 0 aromatic rings. The molecular weight excluding hydrogens is 184 g/mol. The van der Waals surface area contributed by atoms with Crippen LogP contribution < -0.4 is 0 Å². The highest BCUT2D eigenvalue weighted by atomic mass is 16.1. The second-order valence-electron chi connectivity index (χ2n) is 5.24. The van der Waals surface area contributed by atoms with Crippen molar-refractivity contribution in [1.82, 2.24) is 0 Å². The zero-order valence-electron chi connectivity index (χ0n) is 9.59.